The highest BCUT2D eigenvalue weighted by atomic mass is 16.7. The molecule has 0 bridgehead atoms. The van der Waals surface area contributed by atoms with Crippen molar-refractivity contribution in [2.45, 2.75) is 18.8 Å². The van der Waals surface area contributed by atoms with E-state index in [1.807, 2.05) is 0 Å². The van der Waals surface area contributed by atoms with E-state index in [-0.39, 0.29) is 12.8 Å². The zero-order valence-electron chi connectivity index (χ0n) is 5.65. The lowest BCUT2D eigenvalue weighted by Gasteiger charge is -2.11. The van der Waals surface area contributed by atoms with Crippen molar-refractivity contribution in [1.29, 1.82) is 0 Å². The van der Waals surface area contributed by atoms with Gasteiger partial charge in [-0.2, -0.15) is 0 Å². The number of nitrogens with zero attached hydrogens (tertiary/aromatic N) is 2. The predicted octanol–water partition coefficient (Wildman–Crippen LogP) is -1.83. The van der Waals surface area contributed by atoms with E-state index in [2.05, 4.69) is 21.6 Å². The molecular formula is C5H8N3O3. The maximum absolute atomic E-state index is 8.46. The second-order valence-electron chi connectivity index (χ2n) is 2.18. The zero-order chi connectivity index (χ0) is 8.32. The van der Waals surface area contributed by atoms with E-state index >= 15 is 0 Å². The van der Waals surface area contributed by atoms with Crippen LogP contribution in [0.4, 0.5) is 0 Å². The van der Waals surface area contributed by atoms with Crippen LogP contribution in [0.1, 0.15) is 12.1 Å². The average molecular weight is 158 g/mol. The second-order valence-corrected chi connectivity index (χ2v) is 2.18. The smallest absolute Gasteiger partial charge is 0.275 e. The van der Waals surface area contributed by atoms with Crippen molar-refractivity contribution in [3.8, 4) is 0 Å². The number of aromatic nitrogens is 3. The Morgan fingerprint density at radius 1 is 1.45 bits per heavy atom. The van der Waals surface area contributed by atoms with E-state index < -0.39 is 5.97 Å². The van der Waals surface area contributed by atoms with Crippen LogP contribution in [-0.2, 0) is 6.42 Å². The summed E-state index contributed by atoms with van der Waals surface area (Å²) in [4.78, 5) is 0. The third kappa shape index (κ3) is 3.08. The van der Waals surface area contributed by atoms with Crippen LogP contribution >= 0.6 is 0 Å². The summed E-state index contributed by atoms with van der Waals surface area (Å²) in [6.07, 6.45) is 2.49. The fraction of sp³-hybridized carbons (Fsp3) is 0.600. The van der Waals surface area contributed by atoms with E-state index in [0.29, 0.717) is 5.69 Å². The Morgan fingerprint density at radius 2 is 2.18 bits per heavy atom. The molecule has 0 spiro atoms. The van der Waals surface area contributed by atoms with Crippen LogP contribution < -0.4 is 0 Å². The molecule has 0 aliphatic rings. The van der Waals surface area contributed by atoms with Crippen molar-refractivity contribution in [3.05, 3.63) is 11.9 Å². The highest BCUT2D eigenvalue weighted by molar-refractivity contribution is 4.88. The second kappa shape index (κ2) is 2.95. The van der Waals surface area contributed by atoms with Crippen molar-refractivity contribution in [2.24, 2.45) is 0 Å². The quantitative estimate of drug-likeness (QED) is 0.387. The van der Waals surface area contributed by atoms with E-state index in [4.69, 9.17) is 15.3 Å². The third-order valence-corrected chi connectivity index (χ3v) is 1.13. The first-order valence-corrected chi connectivity index (χ1v) is 3.03. The maximum atomic E-state index is 8.46. The number of nitrogens with one attached hydrogen (secondary N) is 1. The summed E-state index contributed by atoms with van der Waals surface area (Å²) in [6.45, 7) is 0. The Kier molecular flexibility index (Phi) is 2.18. The van der Waals surface area contributed by atoms with Gasteiger partial charge in [0, 0.05) is 6.42 Å². The van der Waals surface area contributed by atoms with Crippen molar-refractivity contribution in [3.63, 3.8) is 0 Å². The number of hydrogen-bond acceptors (Lipinski definition) is 5. The predicted molar refractivity (Wildman–Crippen MR) is 32.9 cm³/mol. The van der Waals surface area contributed by atoms with Crippen molar-refractivity contribution in [2.75, 3.05) is 0 Å². The first kappa shape index (κ1) is 8.12. The van der Waals surface area contributed by atoms with Crippen molar-refractivity contribution in [1.82, 2.24) is 15.4 Å². The summed E-state index contributed by atoms with van der Waals surface area (Å²) in [5.41, 5.74) is 0.520. The Balaban J connectivity index is 2.35. The minimum Gasteiger partial charge on any atom is -0.344 e. The molecule has 0 fully saturated rings. The number of rotatable bonds is 3. The third-order valence-electron chi connectivity index (χ3n) is 1.13. The number of aromatic amines is 1. The van der Waals surface area contributed by atoms with Crippen molar-refractivity contribution >= 4 is 0 Å². The van der Waals surface area contributed by atoms with Gasteiger partial charge < -0.3 is 15.3 Å². The number of aliphatic hydroxyl groups is 3. The summed E-state index contributed by atoms with van der Waals surface area (Å²) in [5, 5.41) is 34.5. The summed E-state index contributed by atoms with van der Waals surface area (Å²) in [7, 11) is 0. The molecule has 61 valence electrons. The summed E-state index contributed by atoms with van der Waals surface area (Å²) < 4.78 is 0. The van der Waals surface area contributed by atoms with Crippen LogP contribution in [0, 0.1) is 6.20 Å². The van der Waals surface area contributed by atoms with Gasteiger partial charge in [-0.05, 0) is 6.42 Å². The van der Waals surface area contributed by atoms with Gasteiger partial charge in [0.25, 0.3) is 5.97 Å². The molecule has 0 aliphatic heterocycles. The van der Waals surface area contributed by atoms with E-state index in [1.54, 1.807) is 0 Å². The molecule has 6 nitrogen and oxygen atoms in total. The molecule has 1 aromatic rings. The SMILES string of the molecule is OC(O)(O)CCc1[c]nn[nH]1. The molecule has 1 rings (SSSR count). The average Bonchev–Trinajstić information content (AvgIpc) is 2.32. The molecular weight excluding hydrogens is 150 g/mol. The molecule has 6 heteroatoms. The molecule has 0 amide bonds. The molecule has 0 saturated carbocycles. The Bertz CT molecular complexity index is 203. The summed E-state index contributed by atoms with van der Waals surface area (Å²) in [5.74, 6) is -2.63. The fourth-order valence-corrected chi connectivity index (χ4v) is 0.600. The summed E-state index contributed by atoms with van der Waals surface area (Å²) >= 11 is 0. The van der Waals surface area contributed by atoms with Gasteiger partial charge in [-0.15, -0.1) is 5.10 Å². The minimum absolute atomic E-state index is 0.201. The molecule has 0 atom stereocenters. The molecule has 1 heterocycles. The highest BCUT2D eigenvalue weighted by Crippen LogP contribution is 2.04. The first-order valence-electron chi connectivity index (χ1n) is 3.03. The van der Waals surface area contributed by atoms with Crippen molar-refractivity contribution < 1.29 is 15.3 Å². The number of aryl methyl sites for hydroxylation is 1. The monoisotopic (exact) mass is 158 g/mol. The maximum Gasteiger partial charge on any atom is 0.275 e. The van der Waals surface area contributed by atoms with Crippen LogP contribution in [0.2, 0.25) is 0 Å². The normalized spacial score (nSPS) is 11.9. The lowest BCUT2D eigenvalue weighted by molar-refractivity contribution is -0.314. The van der Waals surface area contributed by atoms with Crippen LogP contribution in [0.3, 0.4) is 0 Å². The van der Waals surface area contributed by atoms with Crippen LogP contribution in [0.15, 0.2) is 0 Å². The van der Waals surface area contributed by atoms with E-state index in [9.17, 15) is 0 Å². The van der Waals surface area contributed by atoms with Gasteiger partial charge in [0.15, 0.2) is 0 Å². The van der Waals surface area contributed by atoms with Gasteiger partial charge in [0.2, 0.25) is 0 Å². The lowest BCUT2D eigenvalue weighted by atomic mass is 10.2. The van der Waals surface area contributed by atoms with E-state index in [0.717, 1.165) is 0 Å². The molecule has 1 aromatic heterocycles. The fourth-order valence-electron chi connectivity index (χ4n) is 0.600. The Labute approximate surface area is 62.5 Å². The highest BCUT2D eigenvalue weighted by Gasteiger charge is 2.17. The number of H-pyrrole nitrogens is 1. The molecule has 11 heavy (non-hydrogen) atoms. The van der Waals surface area contributed by atoms with Crippen LogP contribution in [0.5, 0.6) is 0 Å². The van der Waals surface area contributed by atoms with Gasteiger partial charge in [-0.1, -0.05) is 5.21 Å². The Hall–Kier alpha value is -0.980. The molecule has 1 radical (unpaired) electrons. The standard InChI is InChI=1S/C5H8N3O3/c9-5(10,11)2-1-4-3-6-8-7-4/h9-11H,1-2H2,(H,6,7,8). The van der Waals surface area contributed by atoms with Gasteiger partial charge in [0.05, 0.1) is 5.69 Å². The molecule has 0 saturated heterocycles. The zero-order valence-corrected chi connectivity index (χ0v) is 5.65. The van der Waals surface area contributed by atoms with Gasteiger partial charge in [-0.3, -0.25) is 5.10 Å². The van der Waals surface area contributed by atoms with Crippen LogP contribution in [0.25, 0.3) is 0 Å². The molecule has 0 aliphatic carbocycles. The van der Waals surface area contributed by atoms with Crippen LogP contribution in [-0.4, -0.2) is 36.7 Å². The summed E-state index contributed by atoms with van der Waals surface area (Å²) in [6, 6.07) is 0. The topological polar surface area (TPSA) is 102 Å². The lowest BCUT2D eigenvalue weighted by Crippen LogP contribution is -2.27. The van der Waals surface area contributed by atoms with Gasteiger partial charge in [0.1, 0.15) is 6.20 Å². The molecule has 0 aromatic carbocycles. The first-order chi connectivity index (χ1) is 5.08. The minimum atomic E-state index is -2.63. The molecule has 0 unspecified atom stereocenters. The number of hydrogen-bond donors (Lipinski definition) is 4. The Morgan fingerprint density at radius 3 is 2.64 bits per heavy atom. The van der Waals surface area contributed by atoms with E-state index in [1.165, 1.54) is 0 Å². The van der Waals surface area contributed by atoms with Gasteiger partial charge in [-0.25, -0.2) is 0 Å². The molecule has 4 N–H and O–H groups in total. The van der Waals surface area contributed by atoms with Gasteiger partial charge >= 0.3 is 0 Å². The largest absolute Gasteiger partial charge is 0.344 e.